The molecule has 4 heteroatoms. The molecule has 1 fully saturated rings. The zero-order chi connectivity index (χ0) is 10.1. The molecule has 1 saturated carbocycles. The molecule has 0 radical (unpaired) electrons. The summed E-state index contributed by atoms with van der Waals surface area (Å²) < 4.78 is 5.65. The molecule has 0 heterocycles. The van der Waals surface area contributed by atoms with Gasteiger partial charge in [0.05, 0.1) is 21.8 Å². The highest BCUT2D eigenvalue weighted by atomic mass is 35.5. The van der Waals surface area contributed by atoms with Crippen LogP contribution in [0.2, 0.25) is 10.0 Å². The molecule has 14 heavy (non-hydrogen) atoms. The van der Waals surface area contributed by atoms with Crippen molar-refractivity contribution in [1.29, 1.82) is 0 Å². The highest BCUT2D eigenvalue weighted by Crippen LogP contribution is 2.35. The first kappa shape index (κ1) is 9.94. The number of halogens is 2. The molecule has 2 rings (SSSR count). The van der Waals surface area contributed by atoms with E-state index in [0.29, 0.717) is 27.6 Å². The van der Waals surface area contributed by atoms with Crippen molar-refractivity contribution in [3.8, 4) is 5.75 Å². The Kier molecular flexibility index (Phi) is 2.75. The monoisotopic (exact) mass is 231 g/mol. The van der Waals surface area contributed by atoms with Crippen LogP contribution in [-0.2, 0) is 0 Å². The zero-order valence-corrected chi connectivity index (χ0v) is 9.11. The maximum absolute atomic E-state index is 5.86. The molecule has 0 spiro atoms. The summed E-state index contributed by atoms with van der Waals surface area (Å²) in [5, 5.41) is 0.945. The Balaban J connectivity index is 2.19. The van der Waals surface area contributed by atoms with Gasteiger partial charge in [-0.15, -0.1) is 0 Å². The van der Waals surface area contributed by atoms with Crippen LogP contribution in [0.5, 0.6) is 5.75 Å². The van der Waals surface area contributed by atoms with Crippen LogP contribution in [0.15, 0.2) is 12.1 Å². The number of nitrogens with two attached hydrogens (primary N) is 1. The van der Waals surface area contributed by atoms with Gasteiger partial charge in [-0.05, 0) is 25.3 Å². The van der Waals surface area contributed by atoms with Crippen molar-refractivity contribution in [2.75, 3.05) is 5.73 Å². The van der Waals surface area contributed by atoms with E-state index >= 15 is 0 Å². The standard InChI is InChI=1S/C10H11Cl2NO/c11-7-4-9(13)10(5-8(7)12)14-6-2-1-3-6/h4-6H,1-3,13H2. The molecule has 2 nitrogen and oxygen atoms in total. The molecule has 0 bridgehead atoms. The average Bonchev–Trinajstić information content (AvgIpc) is 2.06. The van der Waals surface area contributed by atoms with E-state index in [1.165, 1.54) is 6.42 Å². The zero-order valence-electron chi connectivity index (χ0n) is 7.59. The van der Waals surface area contributed by atoms with Crippen molar-refractivity contribution < 1.29 is 4.74 Å². The molecule has 0 atom stereocenters. The van der Waals surface area contributed by atoms with Crippen molar-refractivity contribution in [3.63, 3.8) is 0 Å². The minimum atomic E-state index is 0.301. The Morgan fingerprint density at radius 2 is 1.86 bits per heavy atom. The van der Waals surface area contributed by atoms with Gasteiger partial charge >= 0.3 is 0 Å². The molecular formula is C10H11Cl2NO. The van der Waals surface area contributed by atoms with E-state index in [1.807, 2.05) is 0 Å². The van der Waals surface area contributed by atoms with Crippen LogP contribution in [0.1, 0.15) is 19.3 Å². The van der Waals surface area contributed by atoms with Gasteiger partial charge in [0, 0.05) is 6.07 Å². The molecule has 1 aromatic rings. The molecule has 0 saturated heterocycles. The fraction of sp³-hybridized carbons (Fsp3) is 0.400. The fourth-order valence-electron chi connectivity index (χ4n) is 1.31. The summed E-state index contributed by atoms with van der Waals surface area (Å²) in [5.74, 6) is 0.643. The van der Waals surface area contributed by atoms with Crippen molar-refractivity contribution >= 4 is 28.9 Å². The Bertz CT molecular complexity index is 350. The predicted octanol–water partition coefficient (Wildman–Crippen LogP) is 3.51. The van der Waals surface area contributed by atoms with Crippen LogP contribution < -0.4 is 10.5 Å². The molecule has 1 aliphatic rings. The van der Waals surface area contributed by atoms with Gasteiger partial charge in [-0.3, -0.25) is 0 Å². The van der Waals surface area contributed by atoms with Gasteiger partial charge in [0.25, 0.3) is 0 Å². The Labute approximate surface area is 92.9 Å². The number of benzene rings is 1. The van der Waals surface area contributed by atoms with Gasteiger partial charge in [-0.1, -0.05) is 23.2 Å². The summed E-state index contributed by atoms with van der Waals surface area (Å²) in [6, 6.07) is 3.30. The number of nitrogen functional groups attached to an aromatic ring is 1. The lowest BCUT2D eigenvalue weighted by atomic mass is 9.96. The first-order valence-corrected chi connectivity index (χ1v) is 5.33. The summed E-state index contributed by atoms with van der Waals surface area (Å²) in [4.78, 5) is 0. The predicted molar refractivity (Wildman–Crippen MR) is 59.1 cm³/mol. The molecular weight excluding hydrogens is 221 g/mol. The molecule has 0 unspecified atom stereocenters. The van der Waals surface area contributed by atoms with E-state index in [1.54, 1.807) is 12.1 Å². The molecule has 2 N–H and O–H groups in total. The Hall–Kier alpha value is -0.600. The lowest BCUT2D eigenvalue weighted by molar-refractivity contribution is 0.121. The van der Waals surface area contributed by atoms with Crippen molar-refractivity contribution in [2.24, 2.45) is 0 Å². The van der Waals surface area contributed by atoms with Gasteiger partial charge < -0.3 is 10.5 Å². The molecule has 76 valence electrons. The first-order chi connectivity index (χ1) is 6.66. The highest BCUT2D eigenvalue weighted by Gasteiger charge is 2.20. The van der Waals surface area contributed by atoms with Crippen LogP contribution in [0.4, 0.5) is 5.69 Å². The van der Waals surface area contributed by atoms with E-state index in [4.69, 9.17) is 33.7 Å². The van der Waals surface area contributed by atoms with E-state index in [2.05, 4.69) is 0 Å². The summed E-state index contributed by atoms with van der Waals surface area (Å²) in [6.45, 7) is 0. The third kappa shape index (κ3) is 1.91. The second-order valence-electron chi connectivity index (χ2n) is 3.47. The van der Waals surface area contributed by atoms with E-state index < -0.39 is 0 Å². The number of hydrogen-bond donors (Lipinski definition) is 1. The third-order valence-corrected chi connectivity index (χ3v) is 3.12. The SMILES string of the molecule is Nc1cc(Cl)c(Cl)cc1OC1CCC1. The largest absolute Gasteiger partial charge is 0.488 e. The summed E-state index contributed by atoms with van der Waals surface area (Å²) in [7, 11) is 0. The molecule has 0 aromatic heterocycles. The van der Waals surface area contributed by atoms with Gasteiger partial charge in [0.2, 0.25) is 0 Å². The van der Waals surface area contributed by atoms with E-state index in [0.717, 1.165) is 12.8 Å². The number of rotatable bonds is 2. The van der Waals surface area contributed by atoms with Crippen LogP contribution in [0, 0.1) is 0 Å². The van der Waals surface area contributed by atoms with Crippen molar-refractivity contribution in [2.45, 2.75) is 25.4 Å². The minimum Gasteiger partial charge on any atom is -0.488 e. The third-order valence-electron chi connectivity index (χ3n) is 2.40. The maximum atomic E-state index is 5.86. The normalized spacial score (nSPS) is 16.4. The summed E-state index contributed by atoms with van der Waals surface area (Å²) in [5.41, 5.74) is 6.30. The fourth-order valence-corrected chi connectivity index (χ4v) is 1.64. The van der Waals surface area contributed by atoms with Crippen LogP contribution in [0.25, 0.3) is 0 Å². The van der Waals surface area contributed by atoms with Gasteiger partial charge in [0.1, 0.15) is 5.75 Å². The smallest absolute Gasteiger partial charge is 0.144 e. The Morgan fingerprint density at radius 3 is 2.43 bits per heavy atom. The van der Waals surface area contributed by atoms with Crippen molar-refractivity contribution in [1.82, 2.24) is 0 Å². The summed E-state index contributed by atoms with van der Waals surface area (Å²) >= 11 is 11.7. The molecule has 0 amide bonds. The average molecular weight is 232 g/mol. The number of hydrogen-bond acceptors (Lipinski definition) is 2. The first-order valence-electron chi connectivity index (χ1n) is 4.58. The molecule has 1 aromatic carbocycles. The molecule has 1 aliphatic carbocycles. The van der Waals surface area contributed by atoms with Gasteiger partial charge in [-0.2, -0.15) is 0 Å². The van der Waals surface area contributed by atoms with E-state index in [9.17, 15) is 0 Å². The lowest BCUT2D eigenvalue weighted by Gasteiger charge is -2.27. The van der Waals surface area contributed by atoms with Gasteiger partial charge in [0.15, 0.2) is 0 Å². The van der Waals surface area contributed by atoms with Crippen LogP contribution in [0.3, 0.4) is 0 Å². The minimum absolute atomic E-state index is 0.301. The molecule has 0 aliphatic heterocycles. The van der Waals surface area contributed by atoms with Gasteiger partial charge in [-0.25, -0.2) is 0 Å². The topological polar surface area (TPSA) is 35.2 Å². The number of anilines is 1. The van der Waals surface area contributed by atoms with Crippen LogP contribution in [-0.4, -0.2) is 6.10 Å². The summed E-state index contributed by atoms with van der Waals surface area (Å²) in [6.07, 6.45) is 3.72. The number of ether oxygens (including phenoxy) is 1. The maximum Gasteiger partial charge on any atom is 0.144 e. The second kappa shape index (κ2) is 3.87. The lowest BCUT2D eigenvalue weighted by Crippen LogP contribution is -2.24. The van der Waals surface area contributed by atoms with Crippen LogP contribution >= 0.6 is 23.2 Å². The van der Waals surface area contributed by atoms with E-state index in [-0.39, 0.29) is 0 Å². The highest BCUT2D eigenvalue weighted by molar-refractivity contribution is 6.42. The second-order valence-corrected chi connectivity index (χ2v) is 4.29. The Morgan fingerprint density at radius 1 is 1.21 bits per heavy atom. The van der Waals surface area contributed by atoms with Crippen molar-refractivity contribution in [3.05, 3.63) is 22.2 Å². The quantitative estimate of drug-likeness (QED) is 0.792.